The van der Waals surface area contributed by atoms with Crippen molar-refractivity contribution in [2.75, 3.05) is 6.54 Å². The molecule has 4 atom stereocenters. The van der Waals surface area contributed by atoms with E-state index < -0.39 is 5.60 Å². The highest BCUT2D eigenvalue weighted by molar-refractivity contribution is 4.93. The van der Waals surface area contributed by atoms with E-state index in [-0.39, 0.29) is 0 Å². The van der Waals surface area contributed by atoms with Gasteiger partial charge in [-0.1, -0.05) is 20.3 Å². The fourth-order valence-electron chi connectivity index (χ4n) is 3.92. The third-order valence-corrected chi connectivity index (χ3v) is 4.80. The first-order valence-corrected chi connectivity index (χ1v) is 7.42. The molecule has 2 heteroatoms. The highest BCUT2D eigenvalue weighted by atomic mass is 16.3. The molecule has 100 valence electrons. The molecule has 2 N–H and O–H groups in total. The van der Waals surface area contributed by atoms with Gasteiger partial charge < -0.3 is 10.4 Å². The van der Waals surface area contributed by atoms with Crippen LogP contribution in [0, 0.1) is 17.8 Å². The van der Waals surface area contributed by atoms with Crippen molar-refractivity contribution in [2.24, 2.45) is 17.8 Å². The molecular weight excluding hydrogens is 210 g/mol. The SMILES string of the molecule is CC(C)NCCC(C)(O)CC1CC2CCC1C2. The summed E-state index contributed by atoms with van der Waals surface area (Å²) in [5, 5.41) is 13.9. The van der Waals surface area contributed by atoms with Crippen molar-refractivity contribution in [3.8, 4) is 0 Å². The lowest BCUT2D eigenvalue weighted by atomic mass is 9.80. The van der Waals surface area contributed by atoms with Crippen molar-refractivity contribution in [3.05, 3.63) is 0 Å². The van der Waals surface area contributed by atoms with Crippen LogP contribution in [0.25, 0.3) is 0 Å². The Balaban J connectivity index is 1.73. The number of rotatable bonds is 6. The third kappa shape index (κ3) is 3.69. The molecule has 0 heterocycles. The van der Waals surface area contributed by atoms with Crippen LogP contribution in [0.3, 0.4) is 0 Å². The van der Waals surface area contributed by atoms with Crippen molar-refractivity contribution in [1.82, 2.24) is 5.32 Å². The van der Waals surface area contributed by atoms with Crippen molar-refractivity contribution < 1.29 is 5.11 Å². The van der Waals surface area contributed by atoms with E-state index in [0.29, 0.717) is 6.04 Å². The summed E-state index contributed by atoms with van der Waals surface area (Å²) in [6.07, 6.45) is 7.63. The zero-order chi connectivity index (χ0) is 12.5. The molecule has 2 aliphatic rings. The second kappa shape index (κ2) is 5.27. The number of fused-ring (bicyclic) bond motifs is 2. The Hall–Kier alpha value is -0.0800. The molecule has 0 saturated heterocycles. The summed E-state index contributed by atoms with van der Waals surface area (Å²) < 4.78 is 0. The Morgan fingerprint density at radius 2 is 2.06 bits per heavy atom. The van der Waals surface area contributed by atoms with Gasteiger partial charge in [0.2, 0.25) is 0 Å². The quantitative estimate of drug-likeness (QED) is 0.747. The van der Waals surface area contributed by atoms with Crippen molar-refractivity contribution in [3.63, 3.8) is 0 Å². The van der Waals surface area contributed by atoms with Crippen LogP contribution in [0.5, 0.6) is 0 Å². The molecule has 0 radical (unpaired) electrons. The van der Waals surface area contributed by atoms with Crippen molar-refractivity contribution >= 4 is 0 Å². The lowest BCUT2D eigenvalue weighted by molar-refractivity contribution is 0.0166. The van der Waals surface area contributed by atoms with Gasteiger partial charge in [-0.25, -0.2) is 0 Å². The van der Waals surface area contributed by atoms with Crippen LogP contribution in [0.15, 0.2) is 0 Å². The van der Waals surface area contributed by atoms with Gasteiger partial charge in [-0.3, -0.25) is 0 Å². The van der Waals surface area contributed by atoms with E-state index in [0.717, 1.165) is 37.1 Å². The fourth-order valence-corrected chi connectivity index (χ4v) is 3.92. The third-order valence-electron chi connectivity index (χ3n) is 4.80. The van der Waals surface area contributed by atoms with Gasteiger partial charge in [0, 0.05) is 6.04 Å². The molecule has 2 rings (SSSR count). The van der Waals surface area contributed by atoms with Crippen LogP contribution in [0.2, 0.25) is 0 Å². The molecule has 4 unspecified atom stereocenters. The van der Waals surface area contributed by atoms with Gasteiger partial charge in [-0.2, -0.15) is 0 Å². The van der Waals surface area contributed by atoms with Crippen LogP contribution in [0.4, 0.5) is 0 Å². The van der Waals surface area contributed by atoms with E-state index in [1.807, 2.05) is 6.92 Å². The van der Waals surface area contributed by atoms with Gasteiger partial charge in [-0.05, 0) is 63.3 Å². The first kappa shape index (κ1) is 13.4. The number of nitrogens with one attached hydrogen (secondary N) is 1. The summed E-state index contributed by atoms with van der Waals surface area (Å²) in [6.45, 7) is 7.28. The number of hydrogen-bond acceptors (Lipinski definition) is 2. The van der Waals surface area contributed by atoms with Gasteiger partial charge >= 0.3 is 0 Å². The largest absolute Gasteiger partial charge is 0.390 e. The Morgan fingerprint density at radius 1 is 1.29 bits per heavy atom. The molecule has 0 spiro atoms. The maximum Gasteiger partial charge on any atom is 0.0634 e. The van der Waals surface area contributed by atoms with Crippen LogP contribution in [-0.4, -0.2) is 23.3 Å². The average Bonchev–Trinajstić information content (AvgIpc) is 2.76. The molecular formula is C15H29NO. The lowest BCUT2D eigenvalue weighted by Crippen LogP contribution is -2.35. The van der Waals surface area contributed by atoms with Crippen LogP contribution < -0.4 is 5.32 Å². The molecule has 2 aliphatic carbocycles. The Morgan fingerprint density at radius 3 is 2.59 bits per heavy atom. The van der Waals surface area contributed by atoms with Crippen molar-refractivity contribution in [1.29, 1.82) is 0 Å². The second-order valence-electron chi connectivity index (χ2n) is 6.99. The zero-order valence-electron chi connectivity index (χ0n) is 11.7. The van der Waals surface area contributed by atoms with E-state index >= 15 is 0 Å². The second-order valence-corrected chi connectivity index (χ2v) is 6.99. The minimum Gasteiger partial charge on any atom is -0.390 e. The molecule has 0 aromatic heterocycles. The van der Waals surface area contributed by atoms with Gasteiger partial charge in [0.15, 0.2) is 0 Å². The van der Waals surface area contributed by atoms with Crippen LogP contribution in [0.1, 0.15) is 59.3 Å². The molecule has 0 aromatic rings. The van der Waals surface area contributed by atoms with E-state index in [1.54, 1.807) is 0 Å². The Labute approximate surface area is 106 Å². The summed E-state index contributed by atoms with van der Waals surface area (Å²) in [5.74, 6) is 2.74. The predicted molar refractivity (Wildman–Crippen MR) is 71.9 cm³/mol. The topological polar surface area (TPSA) is 32.3 Å². The van der Waals surface area contributed by atoms with Crippen molar-refractivity contribution in [2.45, 2.75) is 70.9 Å². The first-order valence-electron chi connectivity index (χ1n) is 7.42. The summed E-state index contributed by atoms with van der Waals surface area (Å²) in [6, 6.07) is 0.522. The fraction of sp³-hybridized carbons (Fsp3) is 1.00. The lowest BCUT2D eigenvalue weighted by Gasteiger charge is -2.31. The molecule has 2 nitrogen and oxygen atoms in total. The number of aliphatic hydroxyl groups is 1. The minimum atomic E-state index is -0.461. The summed E-state index contributed by atoms with van der Waals surface area (Å²) in [5.41, 5.74) is -0.461. The molecule has 2 saturated carbocycles. The van der Waals surface area contributed by atoms with Gasteiger partial charge in [-0.15, -0.1) is 0 Å². The zero-order valence-corrected chi connectivity index (χ0v) is 11.7. The summed E-state index contributed by atoms with van der Waals surface area (Å²) >= 11 is 0. The summed E-state index contributed by atoms with van der Waals surface area (Å²) in [7, 11) is 0. The molecule has 0 amide bonds. The van der Waals surface area contributed by atoms with Crippen LogP contribution >= 0.6 is 0 Å². The first-order chi connectivity index (χ1) is 7.96. The maximum absolute atomic E-state index is 10.5. The molecule has 0 aliphatic heterocycles. The summed E-state index contributed by atoms with van der Waals surface area (Å²) in [4.78, 5) is 0. The molecule has 2 bridgehead atoms. The predicted octanol–water partition coefficient (Wildman–Crippen LogP) is 2.95. The highest BCUT2D eigenvalue weighted by Gasteiger charge is 2.41. The minimum absolute atomic E-state index is 0.461. The van der Waals surface area contributed by atoms with Gasteiger partial charge in [0.05, 0.1) is 5.60 Å². The number of hydrogen-bond donors (Lipinski definition) is 2. The molecule has 17 heavy (non-hydrogen) atoms. The monoisotopic (exact) mass is 239 g/mol. The standard InChI is InChI=1S/C15H29NO/c1-11(2)16-7-6-15(3,17)10-14-9-12-4-5-13(14)8-12/h11-14,16-17H,4-10H2,1-3H3. The van der Waals surface area contributed by atoms with E-state index in [9.17, 15) is 5.11 Å². The smallest absolute Gasteiger partial charge is 0.0634 e. The van der Waals surface area contributed by atoms with E-state index in [2.05, 4.69) is 19.2 Å². The van der Waals surface area contributed by atoms with Crippen LogP contribution in [-0.2, 0) is 0 Å². The van der Waals surface area contributed by atoms with E-state index in [1.165, 1.54) is 25.7 Å². The molecule has 2 fully saturated rings. The highest BCUT2D eigenvalue weighted by Crippen LogP contribution is 2.50. The maximum atomic E-state index is 10.5. The average molecular weight is 239 g/mol. The Bertz CT molecular complexity index is 249. The Kier molecular flexibility index (Phi) is 4.14. The normalized spacial score (nSPS) is 35.5. The van der Waals surface area contributed by atoms with Gasteiger partial charge in [0.1, 0.15) is 0 Å². The van der Waals surface area contributed by atoms with E-state index in [4.69, 9.17) is 0 Å². The van der Waals surface area contributed by atoms with Gasteiger partial charge in [0.25, 0.3) is 0 Å². The molecule has 0 aromatic carbocycles.